The Balaban J connectivity index is 2.32. The summed E-state index contributed by atoms with van der Waals surface area (Å²) in [5.41, 5.74) is 0.796. The maximum atomic E-state index is 12.8. The molecule has 0 radical (unpaired) electrons. The predicted octanol–water partition coefficient (Wildman–Crippen LogP) is 1.52. The fourth-order valence-corrected chi connectivity index (χ4v) is 3.26. The third kappa shape index (κ3) is 3.04. The number of fused-ring (bicyclic) bond motifs is 1. The number of hydrogen-bond donors (Lipinski definition) is 1. The third-order valence-corrected chi connectivity index (χ3v) is 4.42. The summed E-state index contributed by atoms with van der Waals surface area (Å²) in [6.45, 7) is 4.92. The summed E-state index contributed by atoms with van der Waals surface area (Å²) in [6.07, 6.45) is 7.56. The van der Waals surface area contributed by atoms with Gasteiger partial charge in [0.25, 0.3) is 11.8 Å². The zero-order valence-electron chi connectivity index (χ0n) is 12.7. The van der Waals surface area contributed by atoms with Crippen LogP contribution in [0.2, 0.25) is 0 Å². The highest BCUT2D eigenvalue weighted by Gasteiger charge is 2.45. The number of rotatable bonds is 3. The van der Waals surface area contributed by atoms with Gasteiger partial charge in [0.1, 0.15) is 6.04 Å². The number of hydrogen-bond acceptors (Lipinski definition) is 4. The molecule has 22 heavy (non-hydrogen) atoms. The molecular formula is C15H18BrN3O3. The van der Waals surface area contributed by atoms with Crippen LogP contribution in [-0.2, 0) is 14.4 Å². The van der Waals surface area contributed by atoms with E-state index in [9.17, 15) is 14.4 Å². The van der Waals surface area contributed by atoms with Gasteiger partial charge in [-0.25, -0.2) is 5.01 Å². The first-order valence-corrected chi connectivity index (χ1v) is 7.84. The summed E-state index contributed by atoms with van der Waals surface area (Å²) in [4.78, 5) is 36.0. The van der Waals surface area contributed by atoms with Gasteiger partial charge in [-0.15, -0.1) is 0 Å². The van der Waals surface area contributed by atoms with Crippen LogP contribution in [0.5, 0.6) is 0 Å². The minimum absolute atomic E-state index is 0.261. The highest BCUT2D eigenvalue weighted by molar-refractivity contribution is 9.10. The molecule has 1 aliphatic heterocycles. The van der Waals surface area contributed by atoms with E-state index in [1.54, 1.807) is 13.1 Å². The maximum absolute atomic E-state index is 12.8. The van der Waals surface area contributed by atoms with Crippen molar-refractivity contribution in [3.8, 4) is 0 Å². The standard InChI is InChI=1S/C15H18BrN3O3/c1-4-11(13(21)18-9(2)20)19-14(22)12-10(8-17-19)6-5-7-15(12,3)16/h5-8,11-12H,4H2,1-3H3,(H,18,20,21). The van der Waals surface area contributed by atoms with Crippen LogP contribution in [0.4, 0.5) is 0 Å². The minimum atomic E-state index is -0.802. The second kappa shape index (κ2) is 6.16. The Kier molecular flexibility index (Phi) is 4.65. The van der Waals surface area contributed by atoms with Crippen LogP contribution in [0.1, 0.15) is 27.2 Å². The Morgan fingerprint density at radius 1 is 1.55 bits per heavy atom. The molecule has 0 fully saturated rings. The van der Waals surface area contributed by atoms with E-state index in [1.807, 2.05) is 25.2 Å². The van der Waals surface area contributed by atoms with E-state index in [0.29, 0.717) is 6.42 Å². The van der Waals surface area contributed by atoms with E-state index in [0.717, 1.165) is 5.57 Å². The van der Waals surface area contributed by atoms with Crippen LogP contribution < -0.4 is 5.32 Å². The number of nitrogens with one attached hydrogen (secondary N) is 1. The van der Waals surface area contributed by atoms with Crippen molar-refractivity contribution in [2.75, 3.05) is 0 Å². The van der Waals surface area contributed by atoms with Gasteiger partial charge >= 0.3 is 0 Å². The van der Waals surface area contributed by atoms with Crippen molar-refractivity contribution in [3.63, 3.8) is 0 Å². The molecule has 1 heterocycles. The lowest BCUT2D eigenvalue weighted by Gasteiger charge is -2.39. The van der Waals surface area contributed by atoms with E-state index in [-0.39, 0.29) is 5.91 Å². The van der Waals surface area contributed by atoms with E-state index < -0.39 is 28.1 Å². The van der Waals surface area contributed by atoms with Gasteiger partial charge in [0, 0.05) is 6.92 Å². The van der Waals surface area contributed by atoms with Crippen molar-refractivity contribution >= 4 is 39.9 Å². The number of halogens is 1. The molecule has 0 bridgehead atoms. The number of amides is 3. The van der Waals surface area contributed by atoms with Gasteiger partial charge in [-0.3, -0.25) is 19.7 Å². The number of carbonyl (C=O) groups is 3. The minimum Gasteiger partial charge on any atom is -0.295 e. The molecule has 1 aliphatic carbocycles. The van der Waals surface area contributed by atoms with Crippen molar-refractivity contribution in [2.45, 2.75) is 37.6 Å². The Labute approximate surface area is 137 Å². The topological polar surface area (TPSA) is 78.8 Å². The molecule has 0 saturated heterocycles. The molecule has 7 heteroatoms. The molecule has 0 aromatic rings. The van der Waals surface area contributed by atoms with Gasteiger partial charge in [0.2, 0.25) is 5.91 Å². The van der Waals surface area contributed by atoms with Crippen molar-refractivity contribution in [2.24, 2.45) is 11.0 Å². The van der Waals surface area contributed by atoms with Gasteiger partial charge in [-0.2, -0.15) is 5.10 Å². The van der Waals surface area contributed by atoms with Crippen LogP contribution in [0, 0.1) is 5.92 Å². The van der Waals surface area contributed by atoms with Crippen molar-refractivity contribution in [1.29, 1.82) is 0 Å². The molecule has 2 aliphatic rings. The molecular weight excluding hydrogens is 350 g/mol. The molecule has 0 aromatic carbocycles. The summed E-state index contributed by atoms with van der Waals surface area (Å²) in [6, 6.07) is -0.802. The molecule has 0 spiro atoms. The lowest BCUT2D eigenvalue weighted by molar-refractivity contribution is -0.145. The Morgan fingerprint density at radius 2 is 2.23 bits per heavy atom. The number of nitrogens with zero attached hydrogens (tertiary/aromatic N) is 2. The van der Waals surface area contributed by atoms with Gasteiger partial charge in [0.05, 0.1) is 16.5 Å². The molecule has 6 nitrogen and oxygen atoms in total. The van der Waals surface area contributed by atoms with Crippen molar-refractivity contribution < 1.29 is 14.4 Å². The van der Waals surface area contributed by atoms with Gasteiger partial charge in [-0.1, -0.05) is 41.1 Å². The molecule has 3 atom stereocenters. The second-order valence-electron chi connectivity index (χ2n) is 5.51. The van der Waals surface area contributed by atoms with Gasteiger partial charge < -0.3 is 0 Å². The van der Waals surface area contributed by atoms with Crippen LogP contribution in [-0.4, -0.2) is 39.3 Å². The molecule has 1 N–H and O–H groups in total. The summed E-state index contributed by atoms with van der Waals surface area (Å²) in [5, 5.41) is 7.52. The number of carbonyl (C=O) groups excluding carboxylic acids is 3. The van der Waals surface area contributed by atoms with E-state index in [1.165, 1.54) is 11.9 Å². The predicted molar refractivity (Wildman–Crippen MR) is 86.3 cm³/mol. The number of allylic oxidation sites excluding steroid dienone is 3. The SMILES string of the molecule is CCC(C(=O)NC(C)=O)N1N=CC2=CC=CC(C)(Br)C2C1=O. The van der Waals surface area contributed by atoms with E-state index >= 15 is 0 Å². The smallest absolute Gasteiger partial charge is 0.252 e. The molecule has 118 valence electrons. The summed E-state index contributed by atoms with van der Waals surface area (Å²) < 4.78 is -0.534. The zero-order chi connectivity index (χ0) is 16.5. The number of alkyl halides is 1. The summed E-state index contributed by atoms with van der Waals surface area (Å²) in [7, 11) is 0. The summed E-state index contributed by atoms with van der Waals surface area (Å²) in [5.74, 6) is -1.68. The maximum Gasteiger partial charge on any atom is 0.252 e. The van der Waals surface area contributed by atoms with Crippen molar-refractivity contribution in [1.82, 2.24) is 10.3 Å². The lowest BCUT2D eigenvalue weighted by Crippen LogP contribution is -2.54. The average molecular weight is 368 g/mol. The molecule has 0 aromatic heterocycles. The fourth-order valence-electron chi connectivity index (χ4n) is 2.65. The Hall–Kier alpha value is -1.76. The second-order valence-corrected chi connectivity index (χ2v) is 7.22. The highest BCUT2D eigenvalue weighted by atomic mass is 79.9. The lowest BCUT2D eigenvalue weighted by atomic mass is 9.81. The monoisotopic (exact) mass is 367 g/mol. The molecule has 3 unspecified atom stereocenters. The number of hydrazone groups is 1. The van der Waals surface area contributed by atoms with E-state index in [2.05, 4.69) is 26.3 Å². The zero-order valence-corrected chi connectivity index (χ0v) is 14.3. The van der Waals surface area contributed by atoms with Crippen LogP contribution in [0.15, 0.2) is 28.9 Å². The first-order valence-electron chi connectivity index (χ1n) is 7.04. The normalized spacial score (nSPS) is 28.0. The van der Waals surface area contributed by atoms with Gasteiger partial charge in [-0.05, 0) is 18.9 Å². The molecule has 2 rings (SSSR count). The largest absolute Gasteiger partial charge is 0.295 e. The van der Waals surface area contributed by atoms with Crippen LogP contribution in [0.25, 0.3) is 0 Å². The number of imide groups is 1. The fraction of sp³-hybridized carbons (Fsp3) is 0.467. The molecule has 3 amide bonds. The van der Waals surface area contributed by atoms with E-state index in [4.69, 9.17) is 0 Å². The summed E-state index contributed by atoms with van der Waals surface area (Å²) >= 11 is 3.56. The van der Waals surface area contributed by atoms with Crippen molar-refractivity contribution in [3.05, 3.63) is 23.8 Å². The van der Waals surface area contributed by atoms with Crippen LogP contribution >= 0.6 is 15.9 Å². The average Bonchev–Trinajstić information content (AvgIpc) is 2.40. The Bertz CT molecular complexity index is 607. The first kappa shape index (κ1) is 16.6. The Morgan fingerprint density at radius 3 is 2.82 bits per heavy atom. The highest BCUT2D eigenvalue weighted by Crippen LogP contribution is 2.39. The quantitative estimate of drug-likeness (QED) is 0.768. The van der Waals surface area contributed by atoms with Gasteiger partial charge in [0.15, 0.2) is 0 Å². The van der Waals surface area contributed by atoms with Crippen LogP contribution in [0.3, 0.4) is 0 Å². The molecule has 0 saturated carbocycles. The third-order valence-electron chi connectivity index (χ3n) is 3.70. The first-order chi connectivity index (χ1) is 10.3.